The van der Waals surface area contributed by atoms with Gasteiger partial charge in [-0.15, -0.1) is 0 Å². The van der Waals surface area contributed by atoms with Crippen LogP contribution in [0.15, 0.2) is 16.8 Å². The molecule has 0 aromatic carbocycles. The Hall–Kier alpha value is -0.410. The van der Waals surface area contributed by atoms with Crippen LogP contribution in [0, 0.1) is 5.92 Å². The van der Waals surface area contributed by atoms with E-state index in [0.29, 0.717) is 5.92 Å². The number of nitrogens with one attached hydrogen (secondary N) is 1. The lowest BCUT2D eigenvalue weighted by molar-refractivity contribution is 0.359. The molecule has 2 atom stereocenters. The highest BCUT2D eigenvalue weighted by Crippen LogP contribution is 2.29. The maximum Gasteiger partial charge on any atom is 0.0941 e. The number of hydrogen-bond acceptors (Lipinski definition) is 2. The van der Waals surface area contributed by atoms with Crippen molar-refractivity contribution in [1.29, 1.82) is 0 Å². The standard InChI is InChI=1S/C9H12FNS/c10-3-8-4-11-5-9(8)7-1-2-12-6-7/h1-2,6,8-9,11H,3-5H2/t8-,9-/m1/s1. The van der Waals surface area contributed by atoms with Crippen LogP contribution in [-0.2, 0) is 0 Å². The van der Waals surface area contributed by atoms with Crippen LogP contribution in [0.5, 0.6) is 0 Å². The molecule has 1 aromatic rings. The van der Waals surface area contributed by atoms with E-state index in [0.717, 1.165) is 13.1 Å². The first-order chi connectivity index (χ1) is 5.92. The summed E-state index contributed by atoms with van der Waals surface area (Å²) < 4.78 is 12.5. The molecule has 12 heavy (non-hydrogen) atoms. The van der Waals surface area contributed by atoms with Crippen LogP contribution in [0.25, 0.3) is 0 Å². The molecule has 1 saturated heterocycles. The van der Waals surface area contributed by atoms with Gasteiger partial charge in [0.05, 0.1) is 6.67 Å². The number of alkyl halides is 1. The Morgan fingerprint density at radius 3 is 3.17 bits per heavy atom. The molecule has 1 aliphatic rings. The largest absolute Gasteiger partial charge is 0.316 e. The van der Waals surface area contributed by atoms with Crippen molar-refractivity contribution in [3.8, 4) is 0 Å². The van der Waals surface area contributed by atoms with Crippen molar-refractivity contribution in [3.05, 3.63) is 22.4 Å². The smallest absolute Gasteiger partial charge is 0.0941 e. The van der Waals surface area contributed by atoms with Crippen LogP contribution in [-0.4, -0.2) is 19.8 Å². The molecule has 1 nitrogen and oxygen atoms in total. The van der Waals surface area contributed by atoms with Crippen molar-refractivity contribution in [2.75, 3.05) is 19.8 Å². The number of thiophene rings is 1. The normalized spacial score (nSPS) is 29.4. The zero-order chi connectivity index (χ0) is 8.39. The van der Waals surface area contributed by atoms with Crippen LogP contribution >= 0.6 is 11.3 Å². The van der Waals surface area contributed by atoms with Gasteiger partial charge in [0.1, 0.15) is 0 Å². The molecule has 1 N–H and O–H groups in total. The molecule has 0 amide bonds. The summed E-state index contributed by atoms with van der Waals surface area (Å²) in [6.07, 6.45) is 0. The topological polar surface area (TPSA) is 12.0 Å². The fourth-order valence-electron chi connectivity index (χ4n) is 1.77. The van der Waals surface area contributed by atoms with Gasteiger partial charge in [-0.2, -0.15) is 11.3 Å². The third-order valence-electron chi connectivity index (χ3n) is 2.51. The first kappa shape index (κ1) is 8.20. The fourth-order valence-corrected chi connectivity index (χ4v) is 2.50. The van der Waals surface area contributed by atoms with E-state index in [4.69, 9.17) is 0 Å². The lowest BCUT2D eigenvalue weighted by Gasteiger charge is -2.12. The summed E-state index contributed by atoms with van der Waals surface area (Å²) in [4.78, 5) is 0. The van der Waals surface area contributed by atoms with Crippen molar-refractivity contribution >= 4 is 11.3 Å². The molecule has 3 heteroatoms. The average Bonchev–Trinajstić information content (AvgIpc) is 2.74. The Labute approximate surface area is 75.6 Å². The van der Waals surface area contributed by atoms with Crippen molar-refractivity contribution in [2.24, 2.45) is 5.92 Å². The van der Waals surface area contributed by atoms with Crippen LogP contribution in [0.1, 0.15) is 11.5 Å². The Balaban J connectivity index is 2.13. The molecule has 0 saturated carbocycles. The Morgan fingerprint density at radius 2 is 2.50 bits per heavy atom. The Bertz CT molecular complexity index is 235. The quantitative estimate of drug-likeness (QED) is 0.743. The highest BCUT2D eigenvalue weighted by Gasteiger charge is 2.28. The summed E-state index contributed by atoms with van der Waals surface area (Å²) in [7, 11) is 0. The van der Waals surface area contributed by atoms with Crippen LogP contribution in [0.2, 0.25) is 0 Å². The minimum atomic E-state index is -0.201. The summed E-state index contributed by atoms with van der Waals surface area (Å²) >= 11 is 1.69. The van der Waals surface area contributed by atoms with E-state index in [2.05, 4.69) is 22.1 Å². The van der Waals surface area contributed by atoms with Gasteiger partial charge in [-0.25, -0.2) is 0 Å². The summed E-state index contributed by atoms with van der Waals surface area (Å²) in [6.45, 7) is 1.57. The van der Waals surface area contributed by atoms with Crippen LogP contribution < -0.4 is 5.32 Å². The van der Waals surface area contributed by atoms with Crippen LogP contribution in [0.3, 0.4) is 0 Å². The molecule has 0 aliphatic carbocycles. The molecule has 1 fully saturated rings. The molecular formula is C9H12FNS. The van der Waals surface area contributed by atoms with E-state index >= 15 is 0 Å². The van der Waals surface area contributed by atoms with Crippen LogP contribution in [0.4, 0.5) is 4.39 Å². The third-order valence-corrected chi connectivity index (χ3v) is 3.21. The predicted molar refractivity (Wildman–Crippen MR) is 49.4 cm³/mol. The number of rotatable bonds is 2. The third kappa shape index (κ3) is 1.39. The number of halogens is 1. The van der Waals surface area contributed by atoms with E-state index in [1.807, 2.05) is 0 Å². The number of hydrogen-bond donors (Lipinski definition) is 1. The van der Waals surface area contributed by atoms with E-state index < -0.39 is 0 Å². The van der Waals surface area contributed by atoms with Crippen molar-refractivity contribution in [3.63, 3.8) is 0 Å². The van der Waals surface area contributed by atoms with Gasteiger partial charge >= 0.3 is 0 Å². The van der Waals surface area contributed by atoms with Gasteiger partial charge in [0.25, 0.3) is 0 Å². The Morgan fingerprint density at radius 1 is 1.58 bits per heavy atom. The van der Waals surface area contributed by atoms with E-state index in [-0.39, 0.29) is 12.6 Å². The molecule has 66 valence electrons. The second-order valence-corrected chi connectivity index (χ2v) is 4.02. The lowest BCUT2D eigenvalue weighted by Crippen LogP contribution is -2.11. The van der Waals surface area contributed by atoms with Crippen molar-refractivity contribution in [2.45, 2.75) is 5.92 Å². The molecular weight excluding hydrogens is 173 g/mol. The van der Waals surface area contributed by atoms with Crippen molar-refractivity contribution < 1.29 is 4.39 Å². The summed E-state index contributed by atoms with van der Waals surface area (Å²) in [6, 6.07) is 2.10. The summed E-state index contributed by atoms with van der Waals surface area (Å²) in [5.74, 6) is 0.598. The summed E-state index contributed by atoms with van der Waals surface area (Å²) in [5.41, 5.74) is 1.30. The van der Waals surface area contributed by atoms with Gasteiger partial charge in [-0.3, -0.25) is 4.39 Å². The van der Waals surface area contributed by atoms with Gasteiger partial charge < -0.3 is 5.32 Å². The lowest BCUT2D eigenvalue weighted by atomic mass is 9.92. The maximum absolute atomic E-state index is 12.5. The monoisotopic (exact) mass is 185 g/mol. The maximum atomic E-state index is 12.5. The minimum Gasteiger partial charge on any atom is -0.316 e. The molecule has 0 spiro atoms. The molecule has 0 unspecified atom stereocenters. The van der Waals surface area contributed by atoms with Crippen molar-refractivity contribution in [1.82, 2.24) is 5.32 Å². The Kier molecular flexibility index (Phi) is 2.42. The first-order valence-corrected chi connectivity index (χ1v) is 5.15. The molecule has 1 aliphatic heterocycles. The van der Waals surface area contributed by atoms with Gasteiger partial charge in [-0.1, -0.05) is 0 Å². The molecule has 2 heterocycles. The van der Waals surface area contributed by atoms with Gasteiger partial charge in [0.2, 0.25) is 0 Å². The molecule has 0 bridgehead atoms. The average molecular weight is 185 g/mol. The zero-order valence-electron chi connectivity index (χ0n) is 6.79. The highest BCUT2D eigenvalue weighted by atomic mass is 32.1. The fraction of sp³-hybridized carbons (Fsp3) is 0.556. The van der Waals surface area contributed by atoms with E-state index in [1.54, 1.807) is 11.3 Å². The van der Waals surface area contributed by atoms with Gasteiger partial charge in [0, 0.05) is 24.9 Å². The minimum absolute atomic E-state index is 0.194. The zero-order valence-corrected chi connectivity index (χ0v) is 7.61. The predicted octanol–water partition coefficient (Wildman–Crippen LogP) is 2.02. The summed E-state index contributed by atoms with van der Waals surface area (Å²) in [5, 5.41) is 7.41. The van der Waals surface area contributed by atoms with E-state index in [9.17, 15) is 4.39 Å². The first-order valence-electron chi connectivity index (χ1n) is 4.20. The molecule has 0 radical (unpaired) electrons. The van der Waals surface area contributed by atoms with E-state index in [1.165, 1.54) is 5.56 Å². The van der Waals surface area contributed by atoms with Gasteiger partial charge in [-0.05, 0) is 22.4 Å². The molecule has 2 rings (SSSR count). The second kappa shape index (κ2) is 3.54. The molecule has 1 aromatic heterocycles. The van der Waals surface area contributed by atoms with Gasteiger partial charge in [0.15, 0.2) is 0 Å². The second-order valence-electron chi connectivity index (χ2n) is 3.24. The SMILES string of the molecule is FC[C@@H]1CNC[C@@H]1c1ccsc1. The highest BCUT2D eigenvalue weighted by molar-refractivity contribution is 7.07.